The fraction of sp³-hybridized carbons (Fsp3) is 0.333. The van der Waals surface area contributed by atoms with Gasteiger partial charge in [0, 0.05) is 19.2 Å². The zero-order valence-electron chi connectivity index (χ0n) is 16.5. The van der Waals surface area contributed by atoms with E-state index in [-0.39, 0.29) is 38.5 Å². The summed E-state index contributed by atoms with van der Waals surface area (Å²) in [5.41, 5.74) is 0.481. The van der Waals surface area contributed by atoms with E-state index in [2.05, 4.69) is 10.6 Å². The van der Waals surface area contributed by atoms with Crippen LogP contribution in [-0.2, 0) is 9.59 Å². The Morgan fingerprint density at radius 2 is 1.57 bits per heavy atom. The number of rotatable bonds is 11. The first kappa shape index (κ1) is 23.1. The second kappa shape index (κ2) is 11.7. The number of aliphatic hydroxyl groups is 1. The van der Waals surface area contributed by atoms with E-state index in [1.807, 2.05) is 0 Å². The molecule has 0 heterocycles. The lowest BCUT2D eigenvalue weighted by molar-refractivity contribution is -0.124. The topological polar surface area (TPSA) is 96.9 Å². The Bertz CT molecular complexity index is 846. The highest BCUT2D eigenvalue weighted by atomic mass is 19.1. The summed E-state index contributed by atoms with van der Waals surface area (Å²) in [6.45, 7) is 1.23. The van der Waals surface area contributed by atoms with Crippen molar-refractivity contribution in [1.82, 2.24) is 10.6 Å². The molecule has 3 N–H and O–H groups in total. The molecular formula is C21H24F2N2O5. The molecule has 0 radical (unpaired) electrons. The van der Waals surface area contributed by atoms with Gasteiger partial charge in [-0.3, -0.25) is 9.59 Å². The number of aliphatic hydroxyl groups excluding tert-OH is 1. The van der Waals surface area contributed by atoms with Crippen molar-refractivity contribution in [2.45, 2.75) is 19.4 Å². The first-order valence-corrected chi connectivity index (χ1v) is 9.32. The van der Waals surface area contributed by atoms with Gasteiger partial charge in [-0.05, 0) is 49.2 Å². The number of aryl methyl sites for hydroxylation is 1. The zero-order valence-corrected chi connectivity index (χ0v) is 16.5. The number of ether oxygens (including phenoxy) is 2. The third-order valence-corrected chi connectivity index (χ3v) is 4.03. The Balaban J connectivity index is 1.55. The van der Waals surface area contributed by atoms with Crippen LogP contribution in [0.2, 0.25) is 0 Å². The standard InChI is InChI=1S/C21H24F2N2O5/c1-14-2-5-18(10-19(14)23)30-12-20(27)24-9-8-16(26)11-25-21(28)13-29-17-6-3-15(22)4-7-17/h2-7,10,16,26H,8-9,11-13H2,1H3,(H,24,27)(H,25,28)/t16-/m0/s1. The maximum atomic E-state index is 13.4. The van der Waals surface area contributed by atoms with Gasteiger partial charge >= 0.3 is 0 Å². The summed E-state index contributed by atoms with van der Waals surface area (Å²) < 4.78 is 36.6. The maximum Gasteiger partial charge on any atom is 0.258 e. The van der Waals surface area contributed by atoms with E-state index in [4.69, 9.17) is 9.47 Å². The monoisotopic (exact) mass is 422 g/mol. The molecule has 0 unspecified atom stereocenters. The van der Waals surface area contributed by atoms with Gasteiger partial charge in [0.1, 0.15) is 23.1 Å². The van der Waals surface area contributed by atoms with Gasteiger partial charge in [-0.2, -0.15) is 0 Å². The number of amides is 2. The molecule has 2 aromatic carbocycles. The number of carbonyl (C=O) groups excluding carboxylic acids is 2. The van der Waals surface area contributed by atoms with E-state index in [9.17, 15) is 23.5 Å². The van der Waals surface area contributed by atoms with E-state index in [0.717, 1.165) is 0 Å². The molecule has 0 aromatic heterocycles. The average Bonchev–Trinajstić information content (AvgIpc) is 2.72. The lowest BCUT2D eigenvalue weighted by Gasteiger charge is -2.13. The van der Waals surface area contributed by atoms with Gasteiger partial charge in [0.05, 0.1) is 6.10 Å². The van der Waals surface area contributed by atoms with E-state index >= 15 is 0 Å². The number of hydrogen-bond acceptors (Lipinski definition) is 5. The normalized spacial score (nSPS) is 11.5. The predicted octanol–water partition coefficient (Wildman–Crippen LogP) is 1.71. The summed E-state index contributed by atoms with van der Waals surface area (Å²) in [7, 11) is 0. The van der Waals surface area contributed by atoms with Gasteiger partial charge in [-0.1, -0.05) is 6.07 Å². The second-order valence-corrected chi connectivity index (χ2v) is 6.54. The molecule has 0 spiro atoms. The van der Waals surface area contributed by atoms with Gasteiger partial charge in [-0.25, -0.2) is 8.78 Å². The number of hydrogen-bond donors (Lipinski definition) is 3. The third kappa shape index (κ3) is 8.44. The Morgan fingerprint density at radius 1 is 0.967 bits per heavy atom. The van der Waals surface area contributed by atoms with Crippen LogP contribution in [0.4, 0.5) is 8.78 Å². The molecule has 1 atom stereocenters. The number of nitrogens with one attached hydrogen (secondary N) is 2. The van der Waals surface area contributed by atoms with Crippen LogP contribution in [0.1, 0.15) is 12.0 Å². The minimum atomic E-state index is -0.868. The van der Waals surface area contributed by atoms with Crippen molar-refractivity contribution in [3.63, 3.8) is 0 Å². The van der Waals surface area contributed by atoms with Crippen molar-refractivity contribution in [3.8, 4) is 11.5 Å². The summed E-state index contributed by atoms with van der Waals surface area (Å²) in [6.07, 6.45) is -0.656. The summed E-state index contributed by atoms with van der Waals surface area (Å²) >= 11 is 0. The maximum absolute atomic E-state index is 13.4. The molecule has 0 saturated carbocycles. The van der Waals surface area contributed by atoms with Gasteiger partial charge in [-0.15, -0.1) is 0 Å². The Morgan fingerprint density at radius 3 is 2.23 bits per heavy atom. The molecule has 30 heavy (non-hydrogen) atoms. The van der Waals surface area contributed by atoms with Crippen molar-refractivity contribution in [2.24, 2.45) is 0 Å². The van der Waals surface area contributed by atoms with Crippen molar-refractivity contribution in [2.75, 3.05) is 26.3 Å². The van der Waals surface area contributed by atoms with Gasteiger partial charge in [0.2, 0.25) is 0 Å². The molecule has 7 nitrogen and oxygen atoms in total. The highest BCUT2D eigenvalue weighted by Gasteiger charge is 2.10. The van der Waals surface area contributed by atoms with E-state index in [0.29, 0.717) is 11.3 Å². The quantitative estimate of drug-likeness (QED) is 0.512. The minimum Gasteiger partial charge on any atom is -0.484 e. The largest absolute Gasteiger partial charge is 0.484 e. The third-order valence-electron chi connectivity index (χ3n) is 4.03. The fourth-order valence-electron chi connectivity index (χ4n) is 2.31. The van der Waals surface area contributed by atoms with Crippen molar-refractivity contribution >= 4 is 11.8 Å². The minimum absolute atomic E-state index is 0.0133. The summed E-state index contributed by atoms with van der Waals surface area (Å²) in [5, 5.41) is 14.9. The van der Waals surface area contributed by atoms with Crippen LogP contribution in [0.15, 0.2) is 42.5 Å². The summed E-state index contributed by atoms with van der Waals surface area (Å²) in [6, 6.07) is 9.56. The average molecular weight is 422 g/mol. The number of benzene rings is 2. The lowest BCUT2D eigenvalue weighted by atomic mass is 10.2. The van der Waals surface area contributed by atoms with Crippen LogP contribution < -0.4 is 20.1 Å². The van der Waals surface area contributed by atoms with Crippen LogP contribution in [0, 0.1) is 18.6 Å². The van der Waals surface area contributed by atoms with Gasteiger partial charge in [0.15, 0.2) is 13.2 Å². The van der Waals surface area contributed by atoms with E-state index in [1.54, 1.807) is 19.1 Å². The molecule has 2 amide bonds. The molecule has 0 fully saturated rings. The number of carbonyl (C=O) groups is 2. The van der Waals surface area contributed by atoms with Crippen LogP contribution in [0.3, 0.4) is 0 Å². The SMILES string of the molecule is Cc1ccc(OCC(=O)NCC[C@H](O)CNC(=O)COc2ccc(F)cc2)cc1F. The zero-order chi connectivity index (χ0) is 21.9. The van der Waals surface area contributed by atoms with Crippen LogP contribution in [-0.4, -0.2) is 49.3 Å². The van der Waals surface area contributed by atoms with Crippen LogP contribution in [0.25, 0.3) is 0 Å². The molecule has 2 aromatic rings. The fourth-order valence-corrected chi connectivity index (χ4v) is 2.31. The first-order valence-electron chi connectivity index (χ1n) is 9.32. The molecule has 9 heteroatoms. The van der Waals surface area contributed by atoms with Gasteiger partial charge < -0.3 is 25.2 Å². The van der Waals surface area contributed by atoms with Crippen molar-refractivity contribution < 1.29 is 33.0 Å². The number of halogens is 2. The molecule has 0 bridgehead atoms. The predicted molar refractivity (Wildman–Crippen MR) is 105 cm³/mol. The summed E-state index contributed by atoms with van der Waals surface area (Å²) in [5.74, 6) is -1.08. The lowest BCUT2D eigenvalue weighted by Crippen LogP contribution is -2.37. The summed E-state index contributed by atoms with van der Waals surface area (Å²) in [4.78, 5) is 23.4. The second-order valence-electron chi connectivity index (χ2n) is 6.54. The van der Waals surface area contributed by atoms with Crippen molar-refractivity contribution in [1.29, 1.82) is 0 Å². The molecule has 0 aliphatic heterocycles. The molecule has 0 saturated heterocycles. The molecule has 0 aliphatic carbocycles. The highest BCUT2D eigenvalue weighted by Crippen LogP contribution is 2.15. The molecular weight excluding hydrogens is 398 g/mol. The van der Waals surface area contributed by atoms with E-state index < -0.39 is 29.6 Å². The molecule has 162 valence electrons. The van der Waals surface area contributed by atoms with Crippen LogP contribution >= 0.6 is 0 Å². The Kier molecular flexibility index (Phi) is 9.02. The van der Waals surface area contributed by atoms with Gasteiger partial charge in [0.25, 0.3) is 11.8 Å². The van der Waals surface area contributed by atoms with Crippen molar-refractivity contribution in [3.05, 3.63) is 59.7 Å². The molecule has 2 rings (SSSR count). The Labute approximate surface area is 173 Å². The van der Waals surface area contributed by atoms with Crippen LogP contribution in [0.5, 0.6) is 11.5 Å². The molecule has 0 aliphatic rings. The van der Waals surface area contributed by atoms with E-state index in [1.165, 1.54) is 30.3 Å². The smallest absolute Gasteiger partial charge is 0.258 e. The Hall–Kier alpha value is -3.20. The highest BCUT2D eigenvalue weighted by molar-refractivity contribution is 5.78. The first-order chi connectivity index (χ1) is 14.3.